The number of fused-ring (bicyclic) bond motifs is 1. The van der Waals surface area contributed by atoms with E-state index >= 15 is 0 Å². The summed E-state index contributed by atoms with van der Waals surface area (Å²) in [5.41, 5.74) is 1.74. The van der Waals surface area contributed by atoms with Crippen LogP contribution < -0.4 is 14.4 Å². The molecule has 0 bridgehead atoms. The SMILES string of the molecule is COc1ccc(O[C@H](C)C(=O)N2CCc3ccccc32)c([N+](=O)[O-])c1. The van der Waals surface area contributed by atoms with E-state index in [1.54, 1.807) is 17.9 Å². The summed E-state index contributed by atoms with van der Waals surface area (Å²) < 4.78 is 10.6. The Morgan fingerprint density at radius 3 is 2.76 bits per heavy atom. The number of carbonyl (C=O) groups is 1. The Hall–Kier alpha value is -3.09. The third-order valence-electron chi connectivity index (χ3n) is 4.17. The summed E-state index contributed by atoms with van der Waals surface area (Å²) in [5, 5.41) is 11.2. The average Bonchev–Trinajstić information content (AvgIpc) is 3.05. The first-order valence-electron chi connectivity index (χ1n) is 7.89. The zero-order valence-electron chi connectivity index (χ0n) is 14.0. The Morgan fingerprint density at radius 2 is 2.04 bits per heavy atom. The largest absolute Gasteiger partial charge is 0.496 e. The van der Waals surface area contributed by atoms with Gasteiger partial charge in [-0.3, -0.25) is 14.9 Å². The Bertz CT molecular complexity index is 821. The number of nitrogens with zero attached hydrogens (tertiary/aromatic N) is 2. The van der Waals surface area contributed by atoms with Gasteiger partial charge in [-0.05, 0) is 37.1 Å². The molecule has 1 aliphatic rings. The van der Waals surface area contributed by atoms with Gasteiger partial charge in [0.15, 0.2) is 11.9 Å². The third kappa shape index (κ3) is 3.26. The van der Waals surface area contributed by atoms with Crippen molar-refractivity contribution in [3.05, 3.63) is 58.1 Å². The predicted octanol–water partition coefficient (Wildman–Crippen LogP) is 2.96. The van der Waals surface area contributed by atoms with Crippen molar-refractivity contribution in [3.8, 4) is 11.5 Å². The van der Waals surface area contributed by atoms with Crippen LogP contribution in [0.25, 0.3) is 0 Å². The number of anilines is 1. The van der Waals surface area contributed by atoms with Gasteiger partial charge in [0.25, 0.3) is 5.91 Å². The number of hydrogen-bond donors (Lipinski definition) is 0. The van der Waals surface area contributed by atoms with Gasteiger partial charge in [-0.2, -0.15) is 0 Å². The van der Waals surface area contributed by atoms with Gasteiger partial charge >= 0.3 is 5.69 Å². The fourth-order valence-electron chi connectivity index (χ4n) is 2.89. The predicted molar refractivity (Wildman–Crippen MR) is 92.2 cm³/mol. The Labute approximate surface area is 144 Å². The Balaban J connectivity index is 1.80. The number of carbonyl (C=O) groups excluding carboxylic acids is 1. The van der Waals surface area contributed by atoms with E-state index in [0.717, 1.165) is 17.7 Å². The van der Waals surface area contributed by atoms with Crippen molar-refractivity contribution in [1.82, 2.24) is 0 Å². The molecule has 2 aromatic carbocycles. The molecule has 0 N–H and O–H groups in total. The van der Waals surface area contributed by atoms with Crippen molar-refractivity contribution in [1.29, 1.82) is 0 Å². The van der Waals surface area contributed by atoms with Crippen LogP contribution in [0.5, 0.6) is 11.5 Å². The highest BCUT2D eigenvalue weighted by atomic mass is 16.6. The standard InChI is InChI=1S/C18H18N2O5/c1-12(18(21)19-10-9-13-5-3-4-6-15(13)19)25-17-8-7-14(24-2)11-16(17)20(22)23/h3-8,11-12H,9-10H2,1-2H3/t12-/m1/s1. The first kappa shape index (κ1) is 16.8. The molecule has 7 nitrogen and oxygen atoms in total. The van der Waals surface area contributed by atoms with Crippen LogP contribution in [0.15, 0.2) is 42.5 Å². The van der Waals surface area contributed by atoms with Gasteiger partial charge in [0.05, 0.1) is 18.1 Å². The molecule has 0 spiro atoms. The maximum atomic E-state index is 12.7. The molecule has 0 aromatic heterocycles. The molecule has 0 aliphatic carbocycles. The van der Waals surface area contributed by atoms with Crippen LogP contribution in [0.3, 0.4) is 0 Å². The van der Waals surface area contributed by atoms with Crippen molar-refractivity contribution < 1.29 is 19.2 Å². The number of nitro groups is 1. The lowest BCUT2D eigenvalue weighted by Crippen LogP contribution is -2.39. The summed E-state index contributed by atoms with van der Waals surface area (Å²) in [6.07, 6.45) is -0.0598. The Kier molecular flexibility index (Phi) is 4.56. The van der Waals surface area contributed by atoms with Crippen LogP contribution in [0.2, 0.25) is 0 Å². The van der Waals surface area contributed by atoms with Crippen molar-refractivity contribution in [2.45, 2.75) is 19.4 Å². The normalized spacial score (nSPS) is 13.9. The molecule has 1 atom stereocenters. The van der Waals surface area contributed by atoms with Gasteiger partial charge in [-0.25, -0.2) is 0 Å². The highest BCUT2D eigenvalue weighted by molar-refractivity contribution is 5.98. The van der Waals surface area contributed by atoms with E-state index in [2.05, 4.69) is 0 Å². The van der Waals surface area contributed by atoms with E-state index in [9.17, 15) is 14.9 Å². The smallest absolute Gasteiger partial charge is 0.314 e. The molecule has 7 heteroatoms. The van der Waals surface area contributed by atoms with Crippen LogP contribution in [-0.2, 0) is 11.2 Å². The van der Waals surface area contributed by atoms with Gasteiger partial charge < -0.3 is 14.4 Å². The molecule has 0 saturated carbocycles. The maximum Gasteiger partial charge on any atom is 0.314 e. The lowest BCUT2D eigenvalue weighted by Gasteiger charge is -2.22. The van der Waals surface area contributed by atoms with Gasteiger partial charge in [0.2, 0.25) is 0 Å². The van der Waals surface area contributed by atoms with E-state index in [1.807, 2.05) is 24.3 Å². The topological polar surface area (TPSA) is 81.9 Å². The first-order valence-corrected chi connectivity index (χ1v) is 7.89. The minimum atomic E-state index is -0.849. The van der Waals surface area contributed by atoms with E-state index in [0.29, 0.717) is 12.3 Å². The zero-order chi connectivity index (χ0) is 18.0. The molecule has 1 aliphatic heterocycles. The molecule has 25 heavy (non-hydrogen) atoms. The van der Waals surface area contributed by atoms with E-state index in [-0.39, 0.29) is 17.3 Å². The number of benzene rings is 2. The maximum absolute atomic E-state index is 12.7. The van der Waals surface area contributed by atoms with E-state index in [1.165, 1.54) is 19.2 Å². The minimum Gasteiger partial charge on any atom is -0.496 e. The first-order chi connectivity index (χ1) is 12.0. The summed E-state index contributed by atoms with van der Waals surface area (Å²) in [6.45, 7) is 2.17. The molecule has 0 radical (unpaired) electrons. The zero-order valence-corrected chi connectivity index (χ0v) is 14.0. The molecule has 0 unspecified atom stereocenters. The van der Waals surface area contributed by atoms with Crippen molar-refractivity contribution in [2.24, 2.45) is 0 Å². The summed E-state index contributed by atoms with van der Waals surface area (Å²) in [4.78, 5) is 25.1. The van der Waals surface area contributed by atoms with E-state index < -0.39 is 11.0 Å². The molecule has 130 valence electrons. The number of nitro benzene ring substituents is 1. The molecular weight excluding hydrogens is 324 g/mol. The van der Waals surface area contributed by atoms with Gasteiger partial charge in [0.1, 0.15) is 5.75 Å². The average molecular weight is 342 g/mol. The number of para-hydroxylation sites is 1. The number of methoxy groups -OCH3 is 1. The summed E-state index contributed by atoms with van der Waals surface area (Å²) in [7, 11) is 1.43. The molecule has 1 heterocycles. The second-order valence-corrected chi connectivity index (χ2v) is 5.72. The molecule has 3 rings (SSSR count). The van der Waals surface area contributed by atoms with Crippen molar-refractivity contribution in [3.63, 3.8) is 0 Å². The molecule has 1 amide bonds. The summed E-state index contributed by atoms with van der Waals surface area (Å²) in [5.74, 6) is 0.167. The van der Waals surface area contributed by atoms with Crippen LogP contribution in [-0.4, -0.2) is 30.6 Å². The second kappa shape index (κ2) is 6.80. The highest BCUT2D eigenvalue weighted by Crippen LogP contribution is 2.33. The molecule has 0 fully saturated rings. The number of rotatable bonds is 5. The number of ether oxygens (including phenoxy) is 2. The molecular formula is C18H18N2O5. The fourth-order valence-corrected chi connectivity index (χ4v) is 2.89. The van der Waals surface area contributed by atoms with Crippen LogP contribution in [0, 0.1) is 10.1 Å². The second-order valence-electron chi connectivity index (χ2n) is 5.72. The minimum absolute atomic E-state index is 0.0409. The van der Waals surface area contributed by atoms with Crippen molar-refractivity contribution in [2.75, 3.05) is 18.6 Å². The lowest BCUT2D eigenvalue weighted by molar-refractivity contribution is -0.386. The monoisotopic (exact) mass is 342 g/mol. The van der Waals surface area contributed by atoms with Gasteiger partial charge in [-0.15, -0.1) is 0 Å². The van der Waals surface area contributed by atoms with Gasteiger partial charge in [-0.1, -0.05) is 18.2 Å². The summed E-state index contributed by atoms with van der Waals surface area (Å²) in [6, 6.07) is 12.0. The lowest BCUT2D eigenvalue weighted by atomic mass is 10.2. The summed E-state index contributed by atoms with van der Waals surface area (Å²) >= 11 is 0. The number of hydrogen-bond acceptors (Lipinski definition) is 5. The number of amides is 1. The highest BCUT2D eigenvalue weighted by Gasteiger charge is 2.30. The molecule has 0 saturated heterocycles. The van der Waals surface area contributed by atoms with E-state index in [4.69, 9.17) is 9.47 Å². The Morgan fingerprint density at radius 1 is 1.28 bits per heavy atom. The quantitative estimate of drug-likeness (QED) is 0.616. The van der Waals surface area contributed by atoms with Crippen molar-refractivity contribution >= 4 is 17.3 Å². The third-order valence-corrected chi connectivity index (χ3v) is 4.17. The van der Waals surface area contributed by atoms with Crippen LogP contribution >= 0.6 is 0 Å². The van der Waals surface area contributed by atoms with Crippen LogP contribution in [0.4, 0.5) is 11.4 Å². The van der Waals surface area contributed by atoms with Gasteiger partial charge in [0, 0.05) is 12.2 Å². The molecule has 2 aromatic rings. The van der Waals surface area contributed by atoms with Crippen LogP contribution in [0.1, 0.15) is 12.5 Å². The fraction of sp³-hybridized carbons (Fsp3) is 0.278.